The van der Waals surface area contributed by atoms with Crippen LogP contribution in [0.2, 0.25) is 0 Å². The number of allylic oxidation sites excluding steroid dienone is 1. The van der Waals surface area contributed by atoms with Gasteiger partial charge in [0, 0.05) is 31.8 Å². The fourth-order valence-electron chi connectivity index (χ4n) is 6.15. The van der Waals surface area contributed by atoms with Crippen molar-refractivity contribution < 1.29 is 19.1 Å². The van der Waals surface area contributed by atoms with Crippen LogP contribution in [0.4, 0.5) is 5.69 Å². The van der Waals surface area contributed by atoms with E-state index in [4.69, 9.17) is 9.47 Å². The summed E-state index contributed by atoms with van der Waals surface area (Å²) in [6, 6.07) is 5.87. The predicted octanol–water partition coefficient (Wildman–Crippen LogP) is 3.31. The fourth-order valence-corrected chi connectivity index (χ4v) is 6.15. The number of Topliss-reactive ketones (excluding diaryl/α,β-unsaturated/α-hetero) is 2. The Bertz CT molecular complexity index is 895. The van der Waals surface area contributed by atoms with Crippen molar-refractivity contribution in [3.05, 3.63) is 35.6 Å². The third-order valence-corrected chi connectivity index (χ3v) is 7.67. The van der Waals surface area contributed by atoms with E-state index in [0.29, 0.717) is 17.2 Å². The van der Waals surface area contributed by atoms with E-state index in [2.05, 4.69) is 16.7 Å². The van der Waals surface area contributed by atoms with Crippen LogP contribution in [0.3, 0.4) is 0 Å². The van der Waals surface area contributed by atoms with Crippen molar-refractivity contribution in [2.24, 2.45) is 11.8 Å². The summed E-state index contributed by atoms with van der Waals surface area (Å²) < 4.78 is 10.8. The first-order chi connectivity index (χ1) is 14.4. The molecule has 4 rings (SSSR count). The largest absolute Gasteiger partial charge is 0.504 e. The van der Waals surface area contributed by atoms with Crippen molar-refractivity contribution in [3.63, 3.8) is 0 Å². The summed E-state index contributed by atoms with van der Waals surface area (Å²) in [5.74, 6) is 1.31. The van der Waals surface area contributed by atoms with Gasteiger partial charge in [0.15, 0.2) is 11.6 Å². The van der Waals surface area contributed by atoms with Crippen LogP contribution in [-0.2, 0) is 9.53 Å². The number of hydrogen-bond acceptors (Lipinski definition) is 6. The van der Waals surface area contributed by atoms with Gasteiger partial charge in [-0.3, -0.25) is 14.5 Å². The number of fused-ring (bicyclic) bond motifs is 3. The number of rotatable bonds is 5. The lowest BCUT2D eigenvalue weighted by atomic mass is 9.71. The highest BCUT2D eigenvalue weighted by Crippen LogP contribution is 2.53. The lowest BCUT2D eigenvalue weighted by molar-refractivity contribution is -0.114. The molecule has 1 aromatic carbocycles. The maximum Gasteiger partial charge on any atom is 0.195 e. The SMILES string of the molecule is CC[C@@H]1CN2CC[C@@]3(C(=O)c4c(OC)cccc4N3C)C2C[C@@H]1/C(=C\OC)C(C)=O. The molecule has 2 fully saturated rings. The van der Waals surface area contributed by atoms with Crippen LogP contribution in [0.5, 0.6) is 5.75 Å². The maximum absolute atomic E-state index is 13.9. The lowest BCUT2D eigenvalue weighted by Gasteiger charge is -2.47. The Labute approximate surface area is 178 Å². The standard InChI is InChI=1S/C24H32N2O4/c1-6-16-13-26-11-10-24(21(26)12-17(16)18(14-29-4)15(2)27)23(28)22-19(25(24)3)8-7-9-20(22)30-5/h7-9,14,16-17,21H,6,10-13H2,1-5H3/b18-14-/t16-,17+,21?,24+/m1/s1. The minimum Gasteiger partial charge on any atom is -0.504 e. The van der Waals surface area contributed by atoms with Crippen molar-refractivity contribution in [1.82, 2.24) is 4.90 Å². The molecule has 2 saturated heterocycles. The maximum atomic E-state index is 13.9. The third kappa shape index (κ3) is 2.80. The van der Waals surface area contributed by atoms with E-state index in [1.807, 2.05) is 25.2 Å². The van der Waals surface area contributed by atoms with Crippen LogP contribution in [0, 0.1) is 11.8 Å². The molecule has 3 heterocycles. The zero-order valence-electron chi connectivity index (χ0n) is 18.6. The van der Waals surface area contributed by atoms with E-state index >= 15 is 0 Å². The van der Waals surface area contributed by atoms with Crippen LogP contribution in [0.25, 0.3) is 0 Å². The van der Waals surface area contributed by atoms with E-state index in [0.717, 1.165) is 43.6 Å². The molecule has 30 heavy (non-hydrogen) atoms. The van der Waals surface area contributed by atoms with Crippen LogP contribution in [0.15, 0.2) is 30.0 Å². The third-order valence-electron chi connectivity index (χ3n) is 7.67. The number of ketones is 2. The van der Waals surface area contributed by atoms with Crippen LogP contribution >= 0.6 is 0 Å². The molecule has 0 amide bonds. The Morgan fingerprint density at radius 3 is 2.73 bits per heavy atom. The van der Waals surface area contributed by atoms with E-state index < -0.39 is 5.54 Å². The summed E-state index contributed by atoms with van der Waals surface area (Å²) in [6.07, 6.45) is 4.18. The minimum absolute atomic E-state index is 0.0526. The molecule has 4 atom stereocenters. The average Bonchev–Trinajstić information content (AvgIpc) is 3.23. The molecule has 0 saturated carbocycles. The van der Waals surface area contributed by atoms with Gasteiger partial charge < -0.3 is 14.4 Å². The number of anilines is 1. The summed E-state index contributed by atoms with van der Waals surface area (Å²) in [5, 5.41) is 0. The lowest BCUT2D eigenvalue weighted by Crippen LogP contribution is -2.60. The first-order valence-corrected chi connectivity index (χ1v) is 10.8. The molecule has 6 nitrogen and oxygen atoms in total. The van der Waals surface area contributed by atoms with Gasteiger partial charge in [0.05, 0.1) is 31.7 Å². The summed E-state index contributed by atoms with van der Waals surface area (Å²) in [7, 11) is 5.24. The summed E-state index contributed by atoms with van der Waals surface area (Å²) >= 11 is 0. The average molecular weight is 413 g/mol. The second kappa shape index (κ2) is 7.73. The number of ether oxygens (including phenoxy) is 2. The molecule has 0 bridgehead atoms. The minimum atomic E-state index is -0.608. The highest BCUT2D eigenvalue weighted by atomic mass is 16.5. The monoisotopic (exact) mass is 412 g/mol. The Hall–Kier alpha value is -2.34. The van der Waals surface area contributed by atoms with Gasteiger partial charge in [-0.1, -0.05) is 19.4 Å². The van der Waals surface area contributed by atoms with Gasteiger partial charge >= 0.3 is 0 Å². The number of hydrogen-bond donors (Lipinski definition) is 0. The van der Waals surface area contributed by atoms with Gasteiger partial charge in [-0.15, -0.1) is 0 Å². The molecule has 3 aliphatic heterocycles. The molecule has 0 aromatic heterocycles. The number of nitrogens with zero attached hydrogens (tertiary/aromatic N) is 2. The Morgan fingerprint density at radius 2 is 2.10 bits per heavy atom. The van der Waals surface area contributed by atoms with Crippen LogP contribution in [0.1, 0.15) is 43.5 Å². The highest BCUT2D eigenvalue weighted by Gasteiger charge is 2.62. The van der Waals surface area contributed by atoms with Crippen molar-refractivity contribution in [2.45, 2.75) is 44.7 Å². The number of benzene rings is 1. The zero-order valence-corrected chi connectivity index (χ0v) is 18.6. The van der Waals surface area contributed by atoms with E-state index in [1.54, 1.807) is 27.4 Å². The van der Waals surface area contributed by atoms with E-state index in [-0.39, 0.29) is 23.5 Å². The van der Waals surface area contributed by atoms with Crippen molar-refractivity contribution in [2.75, 3.05) is 39.3 Å². The summed E-state index contributed by atoms with van der Waals surface area (Å²) in [4.78, 5) is 31.0. The molecule has 0 radical (unpaired) electrons. The molecule has 1 aromatic rings. The van der Waals surface area contributed by atoms with Gasteiger partial charge in [-0.2, -0.15) is 0 Å². The van der Waals surface area contributed by atoms with Gasteiger partial charge in [0.2, 0.25) is 0 Å². The Balaban J connectivity index is 1.76. The topological polar surface area (TPSA) is 59.1 Å². The Morgan fingerprint density at radius 1 is 1.33 bits per heavy atom. The van der Waals surface area contributed by atoms with Gasteiger partial charge in [0.1, 0.15) is 11.3 Å². The first-order valence-electron chi connectivity index (χ1n) is 10.8. The van der Waals surface area contributed by atoms with Crippen LogP contribution in [-0.4, -0.2) is 62.4 Å². The number of carbonyl (C=O) groups is 2. The number of likely N-dealkylation sites (N-methyl/N-ethyl adjacent to an activating group) is 1. The molecular formula is C24H32N2O4. The van der Waals surface area contributed by atoms with E-state index in [9.17, 15) is 9.59 Å². The smallest absolute Gasteiger partial charge is 0.195 e. The van der Waals surface area contributed by atoms with E-state index in [1.165, 1.54) is 0 Å². The normalized spacial score (nSPS) is 31.1. The molecule has 6 heteroatoms. The molecule has 1 unspecified atom stereocenters. The number of methoxy groups -OCH3 is 2. The molecule has 0 N–H and O–H groups in total. The number of carbonyl (C=O) groups excluding carboxylic acids is 2. The summed E-state index contributed by atoms with van der Waals surface area (Å²) in [5.41, 5.74) is 1.77. The van der Waals surface area contributed by atoms with Gasteiger partial charge in [-0.25, -0.2) is 0 Å². The molecular weight excluding hydrogens is 380 g/mol. The molecule has 162 valence electrons. The van der Waals surface area contributed by atoms with Crippen molar-refractivity contribution >= 4 is 17.3 Å². The highest BCUT2D eigenvalue weighted by molar-refractivity contribution is 6.16. The molecule has 0 aliphatic carbocycles. The van der Waals surface area contributed by atoms with Crippen molar-refractivity contribution in [1.29, 1.82) is 0 Å². The molecule has 1 spiro atoms. The Kier molecular flexibility index (Phi) is 5.39. The second-order valence-corrected chi connectivity index (χ2v) is 8.80. The first kappa shape index (κ1) is 20.9. The summed E-state index contributed by atoms with van der Waals surface area (Å²) in [6.45, 7) is 5.59. The molecule has 3 aliphatic rings. The quantitative estimate of drug-likeness (QED) is 0.546. The van der Waals surface area contributed by atoms with Crippen molar-refractivity contribution in [3.8, 4) is 5.75 Å². The van der Waals surface area contributed by atoms with Crippen LogP contribution < -0.4 is 9.64 Å². The zero-order chi connectivity index (χ0) is 21.6. The van der Waals surface area contributed by atoms with Gasteiger partial charge in [-0.05, 0) is 43.7 Å². The predicted molar refractivity (Wildman–Crippen MR) is 116 cm³/mol. The second-order valence-electron chi connectivity index (χ2n) is 8.80. The van der Waals surface area contributed by atoms with Gasteiger partial charge in [0.25, 0.3) is 0 Å². The fraction of sp³-hybridized carbons (Fsp3) is 0.583. The number of piperidine rings is 1.